The molecule has 0 unspecified atom stereocenters. The van der Waals surface area contributed by atoms with Gasteiger partial charge in [0.25, 0.3) is 5.69 Å². The molecule has 2 rings (SSSR count). The van der Waals surface area contributed by atoms with Crippen LogP contribution in [0.2, 0.25) is 0 Å². The van der Waals surface area contributed by atoms with Crippen LogP contribution in [0.25, 0.3) is 11.4 Å². The first-order chi connectivity index (χ1) is 8.47. The fraction of sp³-hybridized carbons (Fsp3) is 0.100. The lowest BCUT2D eigenvalue weighted by atomic mass is 10.1. The summed E-state index contributed by atoms with van der Waals surface area (Å²) in [4.78, 5) is 21.8. The van der Waals surface area contributed by atoms with Gasteiger partial charge in [0, 0.05) is 17.2 Å². The van der Waals surface area contributed by atoms with E-state index in [2.05, 4.69) is 15.0 Å². The number of hydrogen-bond donors (Lipinski definition) is 2. The molecule has 0 radical (unpaired) electrons. The van der Waals surface area contributed by atoms with Crippen molar-refractivity contribution >= 4 is 17.6 Å². The lowest BCUT2D eigenvalue weighted by molar-refractivity contribution is -0.385. The number of aryl methyl sites for hydroxylation is 1. The molecule has 18 heavy (non-hydrogen) atoms. The number of nitro benzene ring substituents is 1. The van der Waals surface area contributed by atoms with Crippen LogP contribution in [0.4, 0.5) is 17.6 Å². The summed E-state index contributed by atoms with van der Waals surface area (Å²) in [5, 5.41) is 10.7. The highest BCUT2D eigenvalue weighted by molar-refractivity contribution is 5.61. The van der Waals surface area contributed by atoms with Gasteiger partial charge in [-0.1, -0.05) is 0 Å². The van der Waals surface area contributed by atoms with E-state index >= 15 is 0 Å². The highest BCUT2D eigenvalue weighted by atomic mass is 16.6. The molecule has 8 heteroatoms. The third-order valence-corrected chi connectivity index (χ3v) is 2.32. The van der Waals surface area contributed by atoms with Gasteiger partial charge in [-0.3, -0.25) is 10.1 Å². The summed E-state index contributed by atoms with van der Waals surface area (Å²) in [7, 11) is 0. The minimum atomic E-state index is -0.449. The van der Waals surface area contributed by atoms with Crippen molar-refractivity contribution in [3.8, 4) is 11.4 Å². The molecule has 1 aromatic heterocycles. The van der Waals surface area contributed by atoms with E-state index in [0.717, 1.165) is 0 Å². The molecular weight excluding hydrogens is 236 g/mol. The molecule has 0 saturated heterocycles. The lowest BCUT2D eigenvalue weighted by Crippen LogP contribution is -2.04. The molecule has 0 amide bonds. The number of benzene rings is 1. The van der Waals surface area contributed by atoms with E-state index in [4.69, 9.17) is 11.5 Å². The molecule has 0 saturated carbocycles. The molecule has 0 atom stereocenters. The average molecular weight is 246 g/mol. The van der Waals surface area contributed by atoms with Gasteiger partial charge in [0.15, 0.2) is 5.82 Å². The minimum absolute atomic E-state index is 0.00788. The zero-order chi connectivity index (χ0) is 13.3. The van der Waals surface area contributed by atoms with Crippen LogP contribution in [0.5, 0.6) is 0 Å². The number of nitrogens with two attached hydrogens (primary N) is 2. The first-order valence-electron chi connectivity index (χ1n) is 5.00. The van der Waals surface area contributed by atoms with E-state index in [9.17, 15) is 10.1 Å². The van der Waals surface area contributed by atoms with Crippen molar-refractivity contribution in [3.63, 3.8) is 0 Å². The summed E-state index contributed by atoms with van der Waals surface area (Å²) in [6.45, 7) is 1.63. The Kier molecular flexibility index (Phi) is 2.76. The normalized spacial score (nSPS) is 10.3. The minimum Gasteiger partial charge on any atom is -0.368 e. The Labute approximate surface area is 102 Å². The van der Waals surface area contributed by atoms with E-state index in [1.165, 1.54) is 6.07 Å². The standard InChI is InChI=1S/C10H10N6O2/c1-5-4-6(2-3-7(5)16(17)18)8-13-9(11)15-10(12)14-8/h2-4H,1H3,(H4,11,12,13,14,15). The smallest absolute Gasteiger partial charge is 0.272 e. The Morgan fingerprint density at radius 3 is 2.28 bits per heavy atom. The number of rotatable bonds is 2. The Morgan fingerprint density at radius 2 is 1.78 bits per heavy atom. The summed E-state index contributed by atoms with van der Waals surface area (Å²) in [5.74, 6) is 0.306. The SMILES string of the molecule is Cc1cc(-c2nc(N)nc(N)n2)ccc1[N+](=O)[O-]. The molecule has 1 heterocycles. The van der Waals surface area contributed by atoms with E-state index in [0.29, 0.717) is 11.1 Å². The predicted molar refractivity (Wildman–Crippen MR) is 65.5 cm³/mol. The van der Waals surface area contributed by atoms with Crippen LogP contribution in [0.15, 0.2) is 18.2 Å². The Hall–Kier alpha value is -2.77. The molecule has 1 aromatic carbocycles. The Balaban J connectivity index is 2.52. The van der Waals surface area contributed by atoms with Crippen molar-refractivity contribution in [2.75, 3.05) is 11.5 Å². The summed E-state index contributed by atoms with van der Waals surface area (Å²) >= 11 is 0. The first-order valence-corrected chi connectivity index (χ1v) is 5.00. The molecule has 0 spiro atoms. The number of nitrogens with zero attached hydrogens (tertiary/aromatic N) is 4. The lowest BCUT2D eigenvalue weighted by Gasteiger charge is -2.03. The molecule has 4 N–H and O–H groups in total. The fourth-order valence-electron chi connectivity index (χ4n) is 1.54. The predicted octanol–water partition coefficient (Wildman–Crippen LogP) is 0.920. The van der Waals surface area contributed by atoms with Crippen LogP contribution in [-0.2, 0) is 0 Å². The van der Waals surface area contributed by atoms with Gasteiger partial charge in [-0.25, -0.2) is 0 Å². The van der Waals surface area contributed by atoms with Crippen LogP contribution in [0, 0.1) is 17.0 Å². The van der Waals surface area contributed by atoms with Crippen LogP contribution in [0.1, 0.15) is 5.56 Å². The highest BCUT2D eigenvalue weighted by Gasteiger charge is 2.12. The van der Waals surface area contributed by atoms with Crippen LogP contribution >= 0.6 is 0 Å². The zero-order valence-electron chi connectivity index (χ0n) is 9.49. The van der Waals surface area contributed by atoms with Crippen molar-refractivity contribution in [1.29, 1.82) is 0 Å². The molecule has 2 aromatic rings. The molecule has 92 valence electrons. The molecule has 8 nitrogen and oxygen atoms in total. The second kappa shape index (κ2) is 4.24. The van der Waals surface area contributed by atoms with Gasteiger partial charge in [0.1, 0.15) is 0 Å². The summed E-state index contributed by atoms with van der Waals surface area (Å²) in [6, 6.07) is 4.53. The van der Waals surface area contributed by atoms with Gasteiger partial charge in [-0.15, -0.1) is 0 Å². The highest BCUT2D eigenvalue weighted by Crippen LogP contribution is 2.24. The van der Waals surface area contributed by atoms with E-state index in [1.54, 1.807) is 19.1 Å². The summed E-state index contributed by atoms with van der Waals surface area (Å²) < 4.78 is 0. The van der Waals surface area contributed by atoms with Crippen LogP contribution in [-0.4, -0.2) is 19.9 Å². The maximum atomic E-state index is 10.7. The van der Waals surface area contributed by atoms with Crippen molar-refractivity contribution < 1.29 is 4.92 Å². The molecular formula is C10H10N6O2. The fourth-order valence-corrected chi connectivity index (χ4v) is 1.54. The topological polar surface area (TPSA) is 134 Å². The average Bonchev–Trinajstić information content (AvgIpc) is 2.26. The van der Waals surface area contributed by atoms with Crippen molar-refractivity contribution in [1.82, 2.24) is 15.0 Å². The third kappa shape index (κ3) is 2.17. The monoisotopic (exact) mass is 246 g/mol. The number of aromatic nitrogens is 3. The second-order valence-corrected chi connectivity index (χ2v) is 3.63. The van der Waals surface area contributed by atoms with Crippen LogP contribution < -0.4 is 11.5 Å². The molecule has 0 aliphatic rings. The van der Waals surface area contributed by atoms with Gasteiger partial charge >= 0.3 is 0 Å². The number of nitrogen functional groups attached to an aromatic ring is 2. The van der Waals surface area contributed by atoms with Gasteiger partial charge < -0.3 is 11.5 Å². The molecule has 0 bridgehead atoms. The number of nitro groups is 1. The third-order valence-electron chi connectivity index (χ3n) is 2.32. The van der Waals surface area contributed by atoms with Gasteiger partial charge in [-0.05, 0) is 19.1 Å². The van der Waals surface area contributed by atoms with Crippen molar-refractivity contribution in [3.05, 3.63) is 33.9 Å². The maximum absolute atomic E-state index is 10.7. The summed E-state index contributed by atoms with van der Waals surface area (Å²) in [5.41, 5.74) is 12.1. The van der Waals surface area contributed by atoms with E-state index < -0.39 is 4.92 Å². The number of anilines is 2. The van der Waals surface area contributed by atoms with Crippen molar-refractivity contribution in [2.45, 2.75) is 6.92 Å². The van der Waals surface area contributed by atoms with Crippen LogP contribution in [0.3, 0.4) is 0 Å². The molecule has 0 aliphatic heterocycles. The van der Waals surface area contributed by atoms with Gasteiger partial charge in [-0.2, -0.15) is 15.0 Å². The van der Waals surface area contributed by atoms with Gasteiger partial charge in [0.2, 0.25) is 11.9 Å². The zero-order valence-corrected chi connectivity index (χ0v) is 9.49. The second-order valence-electron chi connectivity index (χ2n) is 3.63. The largest absolute Gasteiger partial charge is 0.368 e. The molecule has 0 fully saturated rings. The maximum Gasteiger partial charge on any atom is 0.272 e. The Morgan fingerprint density at radius 1 is 1.17 bits per heavy atom. The first kappa shape index (κ1) is 11.7. The Bertz CT molecular complexity index is 608. The quantitative estimate of drug-likeness (QED) is 0.594. The van der Waals surface area contributed by atoms with Gasteiger partial charge in [0.05, 0.1) is 4.92 Å². The molecule has 0 aliphatic carbocycles. The van der Waals surface area contributed by atoms with Crippen molar-refractivity contribution in [2.24, 2.45) is 0 Å². The number of hydrogen-bond acceptors (Lipinski definition) is 7. The van der Waals surface area contributed by atoms with E-state index in [1.807, 2.05) is 0 Å². The van der Waals surface area contributed by atoms with E-state index in [-0.39, 0.29) is 23.4 Å². The summed E-state index contributed by atoms with van der Waals surface area (Å²) in [6.07, 6.45) is 0.